The maximum absolute atomic E-state index is 12.4. The number of carbonyl (C=O) groups excluding carboxylic acids is 1. The van der Waals surface area contributed by atoms with Gasteiger partial charge < -0.3 is 10.2 Å². The van der Waals surface area contributed by atoms with Crippen molar-refractivity contribution in [1.82, 2.24) is 15.2 Å². The first-order chi connectivity index (χ1) is 11.2. The van der Waals surface area contributed by atoms with E-state index in [9.17, 15) is 4.79 Å². The lowest BCUT2D eigenvalue weighted by Crippen LogP contribution is -2.21. The van der Waals surface area contributed by atoms with Crippen LogP contribution in [0.25, 0.3) is 10.9 Å². The molecule has 2 aromatic heterocycles. The van der Waals surface area contributed by atoms with Gasteiger partial charge in [0.15, 0.2) is 5.69 Å². The second-order valence-corrected chi connectivity index (χ2v) is 5.17. The summed E-state index contributed by atoms with van der Waals surface area (Å²) >= 11 is 0. The van der Waals surface area contributed by atoms with Crippen LogP contribution in [0.5, 0.6) is 0 Å². The molecule has 0 bridgehead atoms. The molecule has 0 saturated carbocycles. The fraction of sp³-hybridized carbons (Fsp3) is 0.235. The number of nitrogens with one attached hydrogen (secondary N) is 2. The maximum Gasteiger partial charge on any atom is 0.276 e. The summed E-state index contributed by atoms with van der Waals surface area (Å²) < 4.78 is 0. The van der Waals surface area contributed by atoms with E-state index in [0.29, 0.717) is 11.1 Å². The molecule has 0 atom stereocenters. The van der Waals surface area contributed by atoms with Gasteiger partial charge in [0.2, 0.25) is 0 Å². The van der Waals surface area contributed by atoms with Crippen molar-refractivity contribution in [3.05, 3.63) is 48.4 Å². The Labute approximate surface area is 134 Å². The van der Waals surface area contributed by atoms with Crippen molar-refractivity contribution < 1.29 is 4.79 Å². The van der Waals surface area contributed by atoms with E-state index in [1.165, 1.54) is 0 Å². The van der Waals surface area contributed by atoms with E-state index >= 15 is 0 Å². The van der Waals surface area contributed by atoms with Crippen LogP contribution in [0, 0.1) is 0 Å². The number of rotatable bonds is 5. The highest BCUT2D eigenvalue weighted by molar-refractivity contribution is 6.10. The maximum atomic E-state index is 12.4. The van der Waals surface area contributed by atoms with E-state index in [4.69, 9.17) is 0 Å². The summed E-state index contributed by atoms with van der Waals surface area (Å²) in [5.41, 5.74) is 3.02. The Kier molecular flexibility index (Phi) is 4.23. The van der Waals surface area contributed by atoms with E-state index in [1.54, 1.807) is 18.5 Å². The summed E-state index contributed by atoms with van der Waals surface area (Å²) in [7, 11) is 0. The van der Waals surface area contributed by atoms with Gasteiger partial charge >= 0.3 is 0 Å². The van der Waals surface area contributed by atoms with Crippen LogP contribution in [0.15, 0.2) is 42.7 Å². The molecule has 6 nitrogen and oxygen atoms in total. The molecule has 0 fully saturated rings. The Balaban J connectivity index is 1.78. The van der Waals surface area contributed by atoms with E-state index in [-0.39, 0.29) is 5.91 Å². The van der Waals surface area contributed by atoms with Crippen molar-refractivity contribution in [3.8, 4) is 0 Å². The lowest BCUT2D eigenvalue weighted by atomic mass is 10.2. The average molecular weight is 309 g/mol. The van der Waals surface area contributed by atoms with Crippen molar-refractivity contribution in [2.24, 2.45) is 0 Å². The molecule has 3 aromatic rings. The Bertz CT molecular complexity index is 805. The topological polar surface area (TPSA) is 73.9 Å². The number of pyridine rings is 1. The third-order valence-electron chi connectivity index (χ3n) is 3.83. The highest BCUT2D eigenvalue weighted by Crippen LogP contribution is 2.19. The summed E-state index contributed by atoms with van der Waals surface area (Å²) in [6, 6.07) is 9.61. The second kappa shape index (κ2) is 6.48. The van der Waals surface area contributed by atoms with Gasteiger partial charge in [-0.1, -0.05) is 0 Å². The van der Waals surface area contributed by atoms with Gasteiger partial charge in [-0.15, -0.1) is 0 Å². The minimum absolute atomic E-state index is 0.250. The number of hydrogen-bond acceptors (Lipinski definition) is 4. The zero-order chi connectivity index (χ0) is 16.2. The van der Waals surface area contributed by atoms with Crippen LogP contribution in [0.2, 0.25) is 0 Å². The van der Waals surface area contributed by atoms with Crippen molar-refractivity contribution in [3.63, 3.8) is 0 Å². The quantitative estimate of drug-likeness (QED) is 0.759. The largest absolute Gasteiger partial charge is 0.372 e. The molecule has 2 N–H and O–H groups in total. The molecule has 0 spiro atoms. The molecule has 2 heterocycles. The lowest BCUT2D eigenvalue weighted by molar-refractivity contribution is 0.102. The zero-order valence-electron chi connectivity index (χ0n) is 13.2. The predicted octanol–water partition coefficient (Wildman–Crippen LogP) is 3.06. The van der Waals surface area contributed by atoms with Crippen LogP contribution in [0.4, 0.5) is 11.4 Å². The molecule has 0 radical (unpaired) electrons. The highest BCUT2D eigenvalue weighted by Gasteiger charge is 2.14. The van der Waals surface area contributed by atoms with Crippen molar-refractivity contribution in [2.45, 2.75) is 13.8 Å². The smallest absolute Gasteiger partial charge is 0.276 e. The lowest BCUT2D eigenvalue weighted by Gasteiger charge is -2.21. The minimum Gasteiger partial charge on any atom is -0.372 e. The molecule has 0 saturated heterocycles. The molecule has 6 heteroatoms. The van der Waals surface area contributed by atoms with E-state index in [0.717, 1.165) is 30.0 Å². The van der Waals surface area contributed by atoms with Crippen LogP contribution in [-0.2, 0) is 0 Å². The van der Waals surface area contributed by atoms with Crippen LogP contribution < -0.4 is 10.2 Å². The minimum atomic E-state index is -0.250. The van der Waals surface area contributed by atoms with Crippen LogP contribution in [0.1, 0.15) is 24.3 Å². The first kappa shape index (κ1) is 15.0. The molecule has 0 unspecified atom stereocenters. The average Bonchev–Trinajstić information content (AvgIpc) is 3.01. The van der Waals surface area contributed by atoms with Gasteiger partial charge in [-0.25, -0.2) is 0 Å². The van der Waals surface area contributed by atoms with Crippen LogP contribution in [0.3, 0.4) is 0 Å². The number of anilines is 2. The first-order valence-corrected chi connectivity index (χ1v) is 7.67. The second-order valence-electron chi connectivity index (χ2n) is 5.17. The number of aromatic nitrogens is 3. The fourth-order valence-corrected chi connectivity index (χ4v) is 2.56. The summed E-state index contributed by atoms with van der Waals surface area (Å²) in [5, 5.41) is 10.5. The number of H-pyrrole nitrogens is 1. The molecule has 23 heavy (non-hydrogen) atoms. The number of fused-ring (bicyclic) bond motifs is 1. The van der Waals surface area contributed by atoms with E-state index in [2.05, 4.69) is 39.2 Å². The molecule has 118 valence electrons. The number of amides is 1. The number of nitrogens with zero attached hydrogens (tertiary/aromatic N) is 3. The van der Waals surface area contributed by atoms with Gasteiger partial charge in [0.25, 0.3) is 5.91 Å². The summed E-state index contributed by atoms with van der Waals surface area (Å²) in [4.78, 5) is 18.7. The third kappa shape index (κ3) is 3.01. The summed E-state index contributed by atoms with van der Waals surface area (Å²) in [5.74, 6) is -0.250. The normalized spacial score (nSPS) is 10.7. The number of aromatic amines is 1. The third-order valence-corrected chi connectivity index (χ3v) is 3.83. The molecular weight excluding hydrogens is 290 g/mol. The van der Waals surface area contributed by atoms with Gasteiger partial charge in [0.05, 0.1) is 10.9 Å². The SMILES string of the molecule is CCN(CC)c1ccc(NC(=O)c2n[nH]c3ccncc23)cc1. The van der Waals surface area contributed by atoms with Gasteiger partial charge in [-0.05, 0) is 44.2 Å². The summed E-state index contributed by atoms with van der Waals surface area (Å²) in [6.07, 6.45) is 3.30. The van der Waals surface area contributed by atoms with Crippen molar-refractivity contribution in [2.75, 3.05) is 23.3 Å². The van der Waals surface area contributed by atoms with Crippen LogP contribution in [-0.4, -0.2) is 34.2 Å². The predicted molar refractivity (Wildman–Crippen MR) is 91.8 cm³/mol. The molecule has 1 amide bonds. The van der Waals surface area contributed by atoms with Gasteiger partial charge in [-0.2, -0.15) is 5.10 Å². The standard InChI is InChI=1S/C17H19N5O/c1-3-22(4-2)13-7-5-12(6-8-13)19-17(23)16-14-11-18-10-9-15(14)20-21-16/h5-11H,3-4H2,1-2H3,(H,19,23)(H,20,21). The number of benzene rings is 1. The van der Waals surface area contributed by atoms with E-state index in [1.807, 2.05) is 24.3 Å². The monoisotopic (exact) mass is 309 g/mol. The number of carbonyl (C=O) groups is 1. The molecule has 0 aliphatic heterocycles. The fourth-order valence-electron chi connectivity index (χ4n) is 2.56. The van der Waals surface area contributed by atoms with Gasteiger partial charge in [-0.3, -0.25) is 14.9 Å². The van der Waals surface area contributed by atoms with Crippen molar-refractivity contribution in [1.29, 1.82) is 0 Å². The Morgan fingerprint density at radius 3 is 2.61 bits per heavy atom. The zero-order valence-corrected chi connectivity index (χ0v) is 13.2. The first-order valence-electron chi connectivity index (χ1n) is 7.67. The molecule has 3 rings (SSSR count). The highest BCUT2D eigenvalue weighted by atomic mass is 16.1. The Hall–Kier alpha value is -2.89. The molecular formula is C17H19N5O. The van der Waals surface area contributed by atoms with Crippen molar-refractivity contribution >= 4 is 28.2 Å². The molecule has 0 aliphatic rings. The summed E-state index contributed by atoms with van der Waals surface area (Å²) in [6.45, 7) is 6.15. The molecule has 1 aromatic carbocycles. The van der Waals surface area contributed by atoms with E-state index < -0.39 is 0 Å². The Morgan fingerprint density at radius 1 is 1.17 bits per heavy atom. The number of hydrogen-bond donors (Lipinski definition) is 2. The van der Waals surface area contributed by atoms with Gasteiger partial charge in [0, 0.05) is 36.9 Å². The Morgan fingerprint density at radius 2 is 1.91 bits per heavy atom. The van der Waals surface area contributed by atoms with Crippen LogP contribution >= 0.6 is 0 Å². The van der Waals surface area contributed by atoms with Gasteiger partial charge in [0.1, 0.15) is 0 Å². The molecule has 0 aliphatic carbocycles.